The first-order chi connectivity index (χ1) is 10.5. The van der Waals surface area contributed by atoms with Crippen molar-refractivity contribution in [3.05, 3.63) is 29.3 Å². The molecule has 22 heavy (non-hydrogen) atoms. The lowest BCUT2D eigenvalue weighted by Gasteiger charge is -2.34. The Kier molecular flexibility index (Phi) is 3.09. The van der Waals surface area contributed by atoms with E-state index in [9.17, 15) is 0 Å². The summed E-state index contributed by atoms with van der Waals surface area (Å²) in [7, 11) is 0. The van der Waals surface area contributed by atoms with E-state index in [2.05, 4.69) is 37.0 Å². The lowest BCUT2D eigenvalue weighted by Crippen LogP contribution is -2.32. The van der Waals surface area contributed by atoms with Gasteiger partial charge in [0.05, 0.1) is 15.9 Å². The Balaban J connectivity index is 1.49. The fourth-order valence-electron chi connectivity index (χ4n) is 4.21. The van der Waals surface area contributed by atoms with E-state index < -0.39 is 0 Å². The summed E-state index contributed by atoms with van der Waals surface area (Å²) in [6.07, 6.45) is 3.68. The molecule has 3 nitrogen and oxygen atoms in total. The zero-order chi connectivity index (χ0) is 15.4. The Morgan fingerprint density at radius 2 is 2.14 bits per heavy atom. The van der Waals surface area contributed by atoms with Gasteiger partial charge in [-0.1, -0.05) is 38.1 Å². The SMILES string of the molecule is CC1(C)[C@@H]2CC[C@]1(C)/C(=N/OCc1nc3ccccc3s1)C2. The lowest BCUT2D eigenvalue weighted by molar-refractivity contribution is 0.123. The number of aromatic nitrogens is 1. The van der Waals surface area contributed by atoms with Crippen LogP contribution in [0.5, 0.6) is 0 Å². The summed E-state index contributed by atoms with van der Waals surface area (Å²) >= 11 is 1.69. The largest absolute Gasteiger partial charge is 0.388 e. The zero-order valence-electron chi connectivity index (χ0n) is 13.4. The Hall–Kier alpha value is -1.42. The molecule has 4 rings (SSSR count). The molecule has 0 N–H and O–H groups in total. The summed E-state index contributed by atoms with van der Waals surface area (Å²) in [6.45, 7) is 7.62. The van der Waals surface area contributed by atoms with Crippen LogP contribution in [0.2, 0.25) is 0 Å². The quantitative estimate of drug-likeness (QED) is 0.746. The number of nitrogens with zero attached hydrogens (tertiary/aromatic N) is 2. The first-order valence-electron chi connectivity index (χ1n) is 8.04. The van der Waals surface area contributed by atoms with Gasteiger partial charge in [-0.05, 0) is 42.7 Å². The molecule has 2 aliphatic rings. The van der Waals surface area contributed by atoms with Crippen molar-refractivity contribution < 1.29 is 4.84 Å². The Morgan fingerprint density at radius 3 is 2.82 bits per heavy atom. The van der Waals surface area contributed by atoms with Crippen LogP contribution in [0.15, 0.2) is 29.4 Å². The van der Waals surface area contributed by atoms with Gasteiger partial charge in [0.2, 0.25) is 0 Å². The predicted octanol–water partition coefficient (Wildman–Crippen LogP) is 5.02. The van der Waals surface area contributed by atoms with Crippen molar-refractivity contribution in [3.8, 4) is 0 Å². The zero-order valence-corrected chi connectivity index (χ0v) is 14.2. The fraction of sp³-hybridized carbons (Fsp3) is 0.556. The van der Waals surface area contributed by atoms with E-state index in [1.165, 1.54) is 23.3 Å². The van der Waals surface area contributed by atoms with E-state index in [-0.39, 0.29) is 5.41 Å². The number of benzene rings is 1. The molecule has 0 aliphatic heterocycles. The van der Waals surface area contributed by atoms with Gasteiger partial charge in [-0.3, -0.25) is 0 Å². The van der Waals surface area contributed by atoms with Gasteiger partial charge < -0.3 is 4.84 Å². The molecule has 2 bridgehead atoms. The highest BCUT2D eigenvalue weighted by Crippen LogP contribution is 2.64. The molecular formula is C18H22N2OS. The van der Waals surface area contributed by atoms with Crippen molar-refractivity contribution in [1.82, 2.24) is 4.98 Å². The Morgan fingerprint density at radius 1 is 1.32 bits per heavy atom. The second-order valence-electron chi connectivity index (χ2n) is 7.38. The second-order valence-corrected chi connectivity index (χ2v) is 8.50. The molecule has 0 saturated heterocycles. The molecule has 2 fully saturated rings. The molecule has 1 aromatic heterocycles. The molecule has 0 amide bonds. The van der Waals surface area contributed by atoms with Crippen LogP contribution in [-0.4, -0.2) is 10.7 Å². The maximum absolute atomic E-state index is 5.68. The van der Waals surface area contributed by atoms with Crippen molar-refractivity contribution in [2.75, 3.05) is 0 Å². The molecule has 116 valence electrons. The van der Waals surface area contributed by atoms with Gasteiger partial charge in [0, 0.05) is 5.41 Å². The Labute approximate surface area is 135 Å². The van der Waals surface area contributed by atoms with E-state index in [0.717, 1.165) is 22.9 Å². The van der Waals surface area contributed by atoms with Gasteiger partial charge >= 0.3 is 0 Å². The molecule has 1 heterocycles. The predicted molar refractivity (Wildman–Crippen MR) is 91.1 cm³/mol. The number of oxime groups is 1. The van der Waals surface area contributed by atoms with Crippen LogP contribution >= 0.6 is 11.3 Å². The van der Waals surface area contributed by atoms with Crippen LogP contribution < -0.4 is 0 Å². The number of para-hydroxylation sites is 1. The number of hydrogen-bond donors (Lipinski definition) is 0. The molecule has 2 aliphatic carbocycles. The van der Waals surface area contributed by atoms with E-state index in [4.69, 9.17) is 4.84 Å². The highest BCUT2D eigenvalue weighted by atomic mass is 32.1. The van der Waals surface area contributed by atoms with Crippen LogP contribution in [-0.2, 0) is 11.4 Å². The summed E-state index contributed by atoms with van der Waals surface area (Å²) < 4.78 is 1.21. The van der Waals surface area contributed by atoms with Crippen molar-refractivity contribution in [2.45, 2.75) is 46.6 Å². The van der Waals surface area contributed by atoms with Crippen molar-refractivity contribution in [1.29, 1.82) is 0 Å². The first-order valence-corrected chi connectivity index (χ1v) is 8.86. The molecule has 2 atom stereocenters. The van der Waals surface area contributed by atoms with Gasteiger partial charge in [0.1, 0.15) is 5.01 Å². The van der Waals surface area contributed by atoms with E-state index in [0.29, 0.717) is 12.0 Å². The van der Waals surface area contributed by atoms with Crippen LogP contribution in [0.1, 0.15) is 45.0 Å². The maximum atomic E-state index is 5.68. The van der Waals surface area contributed by atoms with Gasteiger partial charge in [-0.25, -0.2) is 4.98 Å². The molecule has 0 radical (unpaired) electrons. The summed E-state index contributed by atoms with van der Waals surface area (Å²) in [5.74, 6) is 0.766. The maximum Gasteiger partial charge on any atom is 0.168 e. The van der Waals surface area contributed by atoms with Crippen molar-refractivity contribution >= 4 is 27.3 Å². The highest BCUT2D eigenvalue weighted by molar-refractivity contribution is 7.18. The van der Waals surface area contributed by atoms with Crippen molar-refractivity contribution in [2.24, 2.45) is 21.9 Å². The van der Waals surface area contributed by atoms with E-state index >= 15 is 0 Å². The summed E-state index contributed by atoms with van der Waals surface area (Å²) in [4.78, 5) is 10.3. The van der Waals surface area contributed by atoms with Gasteiger partial charge in [-0.2, -0.15) is 0 Å². The third-order valence-electron chi connectivity index (χ3n) is 6.21. The van der Waals surface area contributed by atoms with Crippen molar-refractivity contribution in [3.63, 3.8) is 0 Å². The topological polar surface area (TPSA) is 34.5 Å². The van der Waals surface area contributed by atoms with Crippen LogP contribution in [0.4, 0.5) is 0 Å². The van der Waals surface area contributed by atoms with E-state index in [1.807, 2.05) is 18.2 Å². The second kappa shape index (κ2) is 4.79. The average molecular weight is 314 g/mol. The molecule has 1 aromatic carbocycles. The number of hydrogen-bond acceptors (Lipinski definition) is 4. The molecule has 2 aromatic rings. The molecule has 4 heteroatoms. The third kappa shape index (κ3) is 1.93. The van der Waals surface area contributed by atoms with Gasteiger partial charge in [-0.15, -0.1) is 11.3 Å². The summed E-state index contributed by atoms with van der Waals surface area (Å²) in [5.41, 5.74) is 2.87. The minimum absolute atomic E-state index is 0.214. The number of thiazole rings is 1. The van der Waals surface area contributed by atoms with Crippen LogP contribution in [0.3, 0.4) is 0 Å². The first kappa shape index (κ1) is 14.2. The smallest absolute Gasteiger partial charge is 0.168 e. The normalized spacial score (nSPS) is 31.2. The fourth-order valence-corrected chi connectivity index (χ4v) is 5.09. The summed E-state index contributed by atoms with van der Waals surface area (Å²) in [6, 6.07) is 8.21. The minimum Gasteiger partial charge on any atom is -0.388 e. The van der Waals surface area contributed by atoms with Gasteiger partial charge in [0.15, 0.2) is 6.61 Å². The van der Waals surface area contributed by atoms with Crippen LogP contribution in [0.25, 0.3) is 10.2 Å². The minimum atomic E-state index is 0.214. The van der Waals surface area contributed by atoms with Crippen LogP contribution in [0, 0.1) is 16.7 Å². The Bertz CT molecular complexity index is 715. The van der Waals surface area contributed by atoms with E-state index in [1.54, 1.807) is 11.3 Å². The molecule has 0 spiro atoms. The average Bonchev–Trinajstić information content (AvgIpc) is 3.05. The molecule has 2 saturated carbocycles. The number of rotatable bonds is 3. The highest BCUT2D eigenvalue weighted by Gasteiger charge is 2.60. The summed E-state index contributed by atoms with van der Waals surface area (Å²) in [5, 5.41) is 5.52. The third-order valence-corrected chi connectivity index (χ3v) is 7.22. The van der Waals surface area contributed by atoms with Gasteiger partial charge in [0.25, 0.3) is 0 Å². The molecule has 0 unspecified atom stereocenters. The number of fused-ring (bicyclic) bond motifs is 3. The monoisotopic (exact) mass is 314 g/mol. The standard InChI is InChI=1S/C18H22N2OS/c1-17(2)12-8-9-18(17,3)15(10-12)20-21-11-16-19-13-6-4-5-7-14(13)22-16/h4-7,12H,8-11H2,1-3H3/b20-15+/t12-,18-/m1/s1. The molecular weight excluding hydrogens is 292 g/mol. The lowest BCUT2D eigenvalue weighted by atomic mass is 9.70.